The van der Waals surface area contributed by atoms with Crippen molar-refractivity contribution in [2.24, 2.45) is 0 Å². The topological polar surface area (TPSA) is 117 Å². The zero-order valence-electron chi connectivity index (χ0n) is 15.8. The maximum absolute atomic E-state index is 12.7. The SMILES string of the molecule is Cc1nc(C(=O)N[C@H](Cc2ccccc2Cl)[C@@H](O)C(=O)O)nn1-c1ccc(Cl)cc1. The highest BCUT2D eigenvalue weighted by molar-refractivity contribution is 6.31. The van der Waals surface area contributed by atoms with Crippen molar-refractivity contribution in [3.05, 3.63) is 75.8 Å². The molecule has 1 aromatic heterocycles. The minimum Gasteiger partial charge on any atom is -0.479 e. The van der Waals surface area contributed by atoms with Crippen molar-refractivity contribution in [1.29, 1.82) is 0 Å². The van der Waals surface area contributed by atoms with Crippen LogP contribution in [0.2, 0.25) is 10.0 Å². The molecule has 1 heterocycles. The number of hydrogen-bond acceptors (Lipinski definition) is 5. The number of carboxylic acids is 1. The smallest absolute Gasteiger partial charge is 0.334 e. The van der Waals surface area contributed by atoms with Crippen LogP contribution in [-0.2, 0) is 11.2 Å². The van der Waals surface area contributed by atoms with Gasteiger partial charge >= 0.3 is 5.97 Å². The number of amides is 1. The summed E-state index contributed by atoms with van der Waals surface area (Å²) >= 11 is 12.0. The van der Waals surface area contributed by atoms with E-state index >= 15 is 0 Å². The standard InChI is InChI=1S/C20H18Cl2N4O4/c1-11-23-18(25-26(11)14-8-6-13(21)7-9-14)19(28)24-16(17(27)20(29)30)10-12-4-2-3-5-15(12)22/h2-9,16-17,27H,10H2,1H3,(H,24,28)(H,29,30)/t16-,17-/m1/s1. The number of nitrogens with one attached hydrogen (secondary N) is 1. The third-order valence-corrected chi connectivity index (χ3v) is 5.01. The number of aromatic nitrogens is 3. The van der Waals surface area contributed by atoms with Crippen LogP contribution in [0, 0.1) is 6.92 Å². The Morgan fingerprint density at radius 3 is 2.43 bits per heavy atom. The second kappa shape index (κ2) is 9.25. The summed E-state index contributed by atoms with van der Waals surface area (Å²) in [5, 5.41) is 26.9. The Bertz CT molecular complexity index is 1070. The van der Waals surface area contributed by atoms with Crippen molar-refractivity contribution in [1.82, 2.24) is 20.1 Å². The van der Waals surface area contributed by atoms with Gasteiger partial charge in [0.1, 0.15) is 5.82 Å². The number of aryl methyl sites for hydroxylation is 1. The van der Waals surface area contributed by atoms with Gasteiger partial charge in [0.2, 0.25) is 5.82 Å². The number of carbonyl (C=O) groups excluding carboxylic acids is 1. The molecule has 0 saturated carbocycles. The van der Waals surface area contributed by atoms with E-state index in [4.69, 9.17) is 23.2 Å². The van der Waals surface area contributed by atoms with E-state index in [-0.39, 0.29) is 12.2 Å². The molecule has 10 heteroatoms. The molecule has 0 fully saturated rings. The van der Waals surface area contributed by atoms with E-state index in [0.717, 1.165) is 0 Å². The normalized spacial score (nSPS) is 12.9. The minimum absolute atomic E-state index is 0.00968. The van der Waals surface area contributed by atoms with Crippen LogP contribution < -0.4 is 5.32 Å². The first-order valence-electron chi connectivity index (χ1n) is 8.91. The third-order valence-electron chi connectivity index (χ3n) is 4.39. The number of halogens is 2. The van der Waals surface area contributed by atoms with Gasteiger partial charge in [-0.1, -0.05) is 41.4 Å². The number of aliphatic carboxylic acids is 1. The Balaban J connectivity index is 1.83. The van der Waals surface area contributed by atoms with Crippen molar-refractivity contribution in [2.45, 2.75) is 25.5 Å². The fourth-order valence-electron chi connectivity index (χ4n) is 2.86. The quantitative estimate of drug-likeness (QED) is 0.511. The number of hydrogen-bond donors (Lipinski definition) is 3. The molecule has 0 radical (unpaired) electrons. The first kappa shape index (κ1) is 21.8. The second-order valence-electron chi connectivity index (χ2n) is 6.53. The van der Waals surface area contributed by atoms with Crippen LogP contribution in [0.4, 0.5) is 0 Å². The number of carboxylic acid groups (broad SMARTS) is 1. The predicted octanol–water partition coefficient (Wildman–Crippen LogP) is 2.67. The van der Waals surface area contributed by atoms with Crippen LogP contribution in [0.15, 0.2) is 48.5 Å². The van der Waals surface area contributed by atoms with Gasteiger partial charge in [-0.15, -0.1) is 5.10 Å². The molecular formula is C20H18Cl2N4O4. The van der Waals surface area contributed by atoms with Crippen LogP contribution in [0.5, 0.6) is 0 Å². The Morgan fingerprint density at radius 1 is 1.13 bits per heavy atom. The van der Waals surface area contributed by atoms with Crippen LogP contribution >= 0.6 is 23.2 Å². The summed E-state index contributed by atoms with van der Waals surface area (Å²) in [7, 11) is 0. The summed E-state index contributed by atoms with van der Waals surface area (Å²) in [5.41, 5.74) is 1.24. The molecule has 0 bridgehead atoms. The van der Waals surface area contributed by atoms with Gasteiger partial charge in [0.15, 0.2) is 6.10 Å². The summed E-state index contributed by atoms with van der Waals surface area (Å²) in [6.07, 6.45) is -1.83. The summed E-state index contributed by atoms with van der Waals surface area (Å²) in [6.45, 7) is 1.67. The van der Waals surface area contributed by atoms with E-state index < -0.39 is 24.0 Å². The number of carbonyl (C=O) groups is 2. The Hall–Kier alpha value is -2.94. The van der Waals surface area contributed by atoms with Crippen LogP contribution in [0.1, 0.15) is 22.0 Å². The van der Waals surface area contributed by atoms with Gasteiger partial charge in [0.05, 0.1) is 11.7 Å². The molecule has 0 aliphatic rings. The van der Waals surface area contributed by atoms with Crippen LogP contribution in [0.25, 0.3) is 5.69 Å². The molecule has 0 spiro atoms. The lowest BCUT2D eigenvalue weighted by Gasteiger charge is -2.21. The van der Waals surface area contributed by atoms with E-state index in [1.54, 1.807) is 55.5 Å². The van der Waals surface area contributed by atoms with Crippen molar-refractivity contribution < 1.29 is 19.8 Å². The first-order chi connectivity index (χ1) is 14.3. The average molecular weight is 449 g/mol. The van der Waals surface area contributed by atoms with E-state index in [1.165, 1.54) is 4.68 Å². The van der Waals surface area contributed by atoms with Gasteiger partial charge in [-0.2, -0.15) is 0 Å². The number of rotatable bonds is 7. The van der Waals surface area contributed by atoms with Gasteiger partial charge in [0, 0.05) is 10.0 Å². The molecule has 0 aliphatic carbocycles. The highest BCUT2D eigenvalue weighted by atomic mass is 35.5. The lowest BCUT2D eigenvalue weighted by molar-refractivity contribution is -0.148. The fraction of sp³-hybridized carbons (Fsp3) is 0.200. The molecule has 8 nitrogen and oxygen atoms in total. The molecule has 3 N–H and O–H groups in total. The lowest BCUT2D eigenvalue weighted by Crippen LogP contribution is -2.48. The molecule has 3 aromatic rings. The first-order valence-corrected chi connectivity index (χ1v) is 9.66. The molecule has 30 heavy (non-hydrogen) atoms. The number of nitrogens with zero attached hydrogens (tertiary/aromatic N) is 3. The van der Waals surface area contributed by atoms with Gasteiger partial charge in [-0.3, -0.25) is 4.79 Å². The zero-order valence-corrected chi connectivity index (χ0v) is 17.3. The molecule has 156 valence electrons. The predicted molar refractivity (Wildman–Crippen MR) is 111 cm³/mol. The summed E-state index contributed by atoms with van der Waals surface area (Å²) in [5.74, 6) is -1.90. The Labute approximate surface area is 182 Å². The molecule has 0 saturated heterocycles. The average Bonchev–Trinajstić information content (AvgIpc) is 3.10. The number of aliphatic hydroxyl groups excluding tert-OH is 1. The molecule has 2 atom stereocenters. The number of aliphatic hydroxyl groups is 1. The molecule has 1 amide bonds. The molecule has 0 aliphatic heterocycles. The Kier molecular flexibility index (Phi) is 6.71. The minimum atomic E-state index is -1.84. The molecule has 3 rings (SSSR count). The summed E-state index contributed by atoms with van der Waals surface area (Å²) in [6, 6.07) is 12.4. The molecule has 0 unspecified atom stereocenters. The maximum atomic E-state index is 12.7. The van der Waals surface area contributed by atoms with E-state index in [0.29, 0.717) is 27.1 Å². The van der Waals surface area contributed by atoms with Gasteiger partial charge in [-0.05, 0) is 49.2 Å². The monoisotopic (exact) mass is 448 g/mol. The lowest BCUT2D eigenvalue weighted by atomic mass is 10.0. The van der Waals surface area contributed by atoms with Crippen molar-refractivity contribution in [3.8, 4) is 5.69 Å². The van der Waals surface area contributed by atoms with Crippen molar-refractivity contribution >= 4 is 35.1 Å². The van der Waals surface area contributed by atoms with Crippen molar-refractivity contribution in [2.75, 3.05) is 0 Å². The summed E-state index contributed by atoms with van der Waals surface area (Å²) in [4.78, 5) is 28.2. The fourth-order valence-corrected chi connectivity index (χ4v) is 3.20. The third kappa shape index (κ3) is 4.96. The van der Waals surface area contributed by atoms with Crippen LogP contribution in [-0.4, -0.2) is 49.0 Å². The molecular weight excluding hydrogens is 431 g/mol. The van der Waals surface area contributed by atoms with Crippen LogP contribution in [0.3, 0.4) is 0 Å². The maximum Gasteiger partial charge on any atom is 0.334 e. The van der Waals surface area contributed by atoms with E-state index in [1.807, 2.05) is 0 Å². The number of benzene rings is 2. The zero-order chi connectivity index (χ0) is 21.8. The van der Waals surface area contributed by atoms with E-state index in [9.17, 15) is 19.8 Å². The van der Waals surface area contributed by atoms with Gasteiger partial charge < -0.3 is 15.5 Å². The highest BCUT2D eigenvalue weighted by Gasteiger charge is 2.29. The highest BCUT2D eigenvalue weighted by Crippen LogP contribution is 2.18. The Morgan fingerprint density at radius 2 is 1.80 bits per heavy atom. The van der Waals surface area contributed by atoms with Gasteiger partial charge in [0.25, 0.3) is 5.91 Å². The second-order valence-corrected chi connectivity index (χ2v) is 7.37. The van der Waals surface area contributed by atoms with Gasteiger partial charge in [-0.25, -0.2) is 14.5 Å². The largest absolute Gasteiger partial charge is 0.479 e. The van der Waals surface area contributed by atoms with Crippen molar-refractivity contribution in [3.63, 3.8) is 0 Å². The molecule has 2 aromatic carbocycles. The summed E-state index contributed by atoms with van der Waals surface area (Å²) < 4.78 is 1.46. The van der Waals surface area contributed by atoms with E-state index in [2.05, 4.69) is 15.4 Å².